The highest BCUT2D eigenvalue weighted by molar-refractivity contribution is 5.78. The van der Waals surface area contributed by atoms with Crippen molar-refractivity contribution in [1.29, 1.82) is 0 Å². The fourth-order valence-electron chi connectivity index (χ4n) is 1.85. The van der Waals surface area contributed by atoms with E-state index in [1.807, 2.05) is 0 Å². The number of hydrogen-bond donors (Lipinski definition) is 2. The summed E-state index contributed by atoms with van der Waals surface area (Å²) in [7, 11) is 0. The summed E-state index contributed by atoms with van der Waals surface area (Å²) in [5, 5.41) is 13.0. The third-order valence-electron chi connectivity index (χ3n) is 2.92. The molecule has 0 spiro atoms. The van der Waals surface area contributed by atoms with E-state index in [0.29, 0.717) is 10.9 Å². The van der Waals surface area contributed by atoms with Gasteiger partial charge in [-0.1, -0.05) is 0 Å². The molecule has 2 heterocycles. The fourth-order valence-corrected chi connectivity index (χ4v) is 1.85. The second-order valence-corrected chi connectivity index (χ2v) is 3.97. The number of nitrogens with one attached hydrogen (secondary N) is 1. The molecule has 0 aliphatic carbocycles. The number of aromatic nitrogens is 2. The van der Waals surface area contributed by atoms with E-state index in [1.54, 1.807) is 17.0 Å². The summed E-state index contributed by atoms with van der Waals surface area (Å²) in [5.74, 6) is 0.127. The molecule has 1 aliphatic heterocycles. The van der Waals surface area contributed by atoms with Gasteiger partial charge >= 0.3 is 0 Å². The number of hydrogen-bond acceptors (Lipinski definition) is 4. The third kappa shape index (κ3) is 1.29. The van der Waals surface area contributed by atoms with Gasteiger partial charge in [0.25, 0.3) is 5.56 Å². The number of phenolic OH excluding ortho intramolecular Hbond substituents is 1. The van der Waals surface area contributed by atoms with Crippen molar-refractivity contribution < 1.29 is 5.11 Å². The summed E-state index contributed by atoms with van der Waals surface area (Å²) in [6.07, 6.45) is 1.55. The third-order valence-corrected chi connectivity index (χ3v) is 2.92. The highest BCUT2D eigenvalue weighted by Crippen LogP contribution is 2.16. The first kappa shape index (κ1) is 9.35. The molecule has 2 N–H and O–H groups in total. The lowest BCUT2D eigenvalue weighted by atomic mass is 10.1. The van der Waals surface area contributed by atoms with E-state index < -0.39 is 0 Å². The molecule has 2 aromatic rings. The van der Waals surface area contributed by atoms with Crippen LogP contribution in [0.25, 0.3) is 10.9 Å². The quantitative estimate of drug-likeness (QED) is 0.718. The van der Waals surface area contributed by atoms with Gasteiger partial charge in [0.05, 0.1) is 23.3 Å². The molecule has 0 amide bonds. The van der Waals surface area contributed by atoms with Crippen molar-refractivity contribution in [1.82, 2.24) is 14.9 Å². The van der Waals surface area contributed by atoms with Crippen molar-refractivity contribution in [2.45, 2.75) is 6.04 Å². The summed E-state index contributed by atoms with van der Waals surface area (Å²) in [6.45, 7) is 1.62. The summed E-state index contributed by atoms with van der Waals surface area (Å²) < 4.78 is 1.65. The van der Waals surface area contributed by atoms with Gasteiger partial charge in [0, 0.05) is 19.2 Å². The predicted molar refractivity (Wildman–Crippen MR) is 59.6 cm³/mol. The molecule has 16 heavy (non-hydrogen) atoms. The molecular formula is C11H11N3O2. The minimum atomic E-state index is -0.0449. The molecule has 0 atom stereocenters. The fraction of sp³-hybridized carbons (Fsp3) is 0.273. The zero-order valence-electron chi connectivity index (χ0n) is 8.55. The van der Waals surface area contributed by atoms with Crippen LogP contribution >= 0.6 is 0 Å². The van der Waals surface area contributed by atoms with Crippen LogP contribution in [0.2, 0.25) is 0 Å². The Morgan fingerprint density at radius 2 is 2.25 bits per heavy atom. The van der Waals surface area contributed by atoms with E-state index >= 15 is 0 Å². The van der Waals surface area contributed by atoms with Gasteiger partial charge in [-0.2, -0.15) is 0 Å². The van der Waals surface area contributed by atoms with Crippen molar-refractivity contribution in [3.05, 3.63) is 34.9 Å². The SMILES string of the molecule is O=c1c2ccc(O)cc2ncn1C1CNC1. The van der Waals surface area contributed by atoms with Gasteiger partial charge in [0.2, 0.25) is 0 Å². The molecule has 0 saturated carbocycles. The lowest BCUT2D eigenvalue weighted by Gasteiger charge is -2.28. The molecule has 5 nitrogen and oxygen atoms in total. The summed E-state index contributed by atoms with van der Waals surface area (Å²) in [5.41, 5.74) is 0.491. The number of fused-ring (bicyclic) bond motifs is 1. The smallest absolute Gasteiger partial charge is 0.261 e. The summed E-state index contributed by atoms with van der Waals surface area (Å²) in [4.78, 5) is 16.3. The number of benzene rings is 1. The maximum absolute atomic E-state index is 12.1. The molecule has 1 fully saturated rings. The standard InChI is InChI=1S/C11H11N3O2/c15-8-1-2-9-10(3-8)13-6-14(11(9)16)7-4-12-5-7/h1-3,6-7,12,15H,4-5H2. The molecular weight excluding hydrogens is 206 g/mol. The Hall–Kier alpha value is -1.88. The van der Waals surface area contributed by atoms with Crippen molar-refractivity contribution >= 4 is 10.9 Å². The topological polar surface area (TPSA) is 67.1 Å². The highest BCUT2D eigenvalue weighted by Gasteiger charge is 2.20. The van der Waals surface area contributed by atoms with E-state index in [9.17, 15) is 9.90 Å². The van der Waals surface area contributed by atoms with Crippen LogP contribution in [0.15, 0.2) is 29.3 Å². The second kappa shape index (κ2) is 3.31. The molecule has 0 bridgehead atoms. The summed E-state index contributed by atoms with van der Waals surface area (Å²) in [6, 6.07) is 4.83. The van der Waals surface area contributed by atoms with Crippen molar-refractivity contribution in [3.63, 3.8) is 0 Å². The Bertz CT molecular complexity index is 602. The Kier molecular flexibility index (Phi) is 1.94. The number of phenols is 1. The Labute approximate surface area is 91.4 Å². The molecule has 82 valence electrons. The maximum atomic E-state index is 12.1. The largest absolute Gasteiger partial charge is 0.508 e. The van der Waals surface area contributed by atoms with E-state index in [0.717, 1.165) is 13.1 Å². The van der Waals surface area contributed by atoms with Gasteiger partial charge in [-0.3, -0.25) is 9.36 Å². The maximum Gasteiger partial charge on any atom is 0.261 e. The molecule has 1 aliphatic rings. The monoisotopic (exact) mass is 217 g/mol. The average Bonchev–Trinajstić information content (AvgIpc) is 2.19. The van der Waals surface area contributed by atoms with Crippen LogP contribution in [-0.4, -0.2) is 27.7 Å². The van der Waals surface area contributed by atoms with Gasteiger partial charge in [0.1, 0.15) is 5.75 Å². The minimum absolute atomic E-state index is 0.0449. The Morgan fingerprint density at radius 1 is 1.44 bits per heavy atom. The highest BCUT2D eigenvalue weighted by atomic mass is 16.3. The van der Waals surface area contributed by atoms with E-state index in [4.69, 9.17) is 0 Å². The van der Waals surface area contributed by atoms with Crippen LogP contribution in [-0.2, 0) is 0 Å². The van der Waals surface area contributed by atoms with Crippen LogP contribution in [0.1, 0.15) is 6.04 Å². The van der Waals surface area contributed by atoms with Crippen molar-refractivity contribution in [3.8, 4) is 5.75 Å². The first-order chi connectivity index (χ1) is 7.75. The van der Waals surface area contributed by atoms with Crippen molar-refractivity contribution in [2.24, 2.45) is 0 Å². The number of rotatable bonds is 1. The molecule has 1 aromatic heterocycles. The van der Waals surface area contributed by atoms with Gasteiger partial charge in [-0.25, -0.2) is 4.98 Å². The van der Waals surface area contributed by atoms with Gasteiger partial charge in [-0.15, -0.1) is 0 Å². The lowest BCUT2D eigenvalue weighted by molar-refractivity contribution is 0.334. The van der Waals surface area contributed by atoms with E-state index in [1.165, 1.54) is 12.1 Å². The van der Waals surface area contributed by atoms with Crippen LogP contribution < -0.4 is 10.9 Å². The molecule has 1 aromatic carbocycles. The first-order valence-corrected chi connectivity index (χ1v) is 5.16. The van der Waals surface area contributed by atoms with Crippen LogP contribution in [0, 0.1) is 0 Å². The van der Waals surface area contributed by atoms with Crippen LogP contribution in [0.3, 0.4) is 0 Å². The minimum Gasteiger partial charge on any atom is -0.508 e. The van der Waals surface area contributed by atoms with E-state index in [-0.39, 0.29) is 17.4 Å². The van der Waals surface area contributed by atoms with Crippen LogP contribution in [0.5, 0.6) is 5.75 Å². The van der Waals surface area contributed by atoms with Gasteiger partial charge < -0.3 is 10.4 Å². The first-order valence-electron chi connectivity index (χ1n) is 5.16. The Morgan fingerprint density at radius 3 is 2.94 bits per heavy atom. The molecule has 1 saturated heterocycles. The second-order valence-electron chi connectivity index (χ2n) is 3.97. The molecule has 5 heteroatoms. The molecule has 0 radical (unpaired) electrons. The number of aromatic hydroxyl groups is 1. The van der Waals surface area contributed by atoms with Gasteiger partial charge in [-0.05, 0) is 12.1 Å². The molecule has 0 unspecified atom stereocenters. The van der Waals surface area contributed by atoms with Crippen molar-refractivity contribution in [2.75, 3.05) is 13.1 Å². The molecule has 3 rings (SSSR count). The number of nitrogens with zero attached hydrogens (tertiary/aromatic N) is 2. The average molecular weight is 217 g/mol. The van der Waals surface area contributed by atoms with Gasteiger partial charge in [0.15, 0.2) is 0 Å². The lowest BCUT2D eigenvalue weighted by Crippen LogP contribution is -2.46. The van der Waals surface area contributed by atoms with E-state index in [2.05, 4.69) is 10.3 Å². The zero-order chi connectivity index (χ0) is 11.1. The summed E-state index contributed by atoms with van der Waals surface area (Å²) >= 11 is 0. The normalized spacial score (nSPS) is 16.2. The Balaban J connectivity index is 2.23. The van der Waals surface area contributed by atoms with Crippen LogP contribution in [0.4, 0.5) is 0 Å². The predicted octanol–water partition coefficient (Wildman–Crippen LogP) is 0.246. The zero-order valence-corrected chi connectivity index (χ0v) is 8.55.